The molecule has 2 aliphatic rings. The van der Waals surface area contributed by atoms with Crippen molar-refractivity contribution >= 4 is 0 Å². The Morgan fingerprint density at radius 3 is 2.57 bits per heavy atom. The van der Waals surface area contributed by atoms with Crippen LogP contribution in [-0.2, 0) is 15.0 Å². The fourth-order valence-corrected chi connectivity index (χ4v) is 2.87. The Labute approximate surface area is 123 Å². The SMILES string of the molecule is COCC(COC)(N[C@@H]1C[C@@H]1CO)c1nnnn1C1CC1. The van der Waals surface area contributed by atoms with Crippen molar-refractivity contribution in [1.29, 1.82) is 0 Å². The molecule has 0 aromatic carbocycles. The smallest absolute Gasteiger partial charge is 0.176 e. The minimum atomic E-state index is -0.579. The minimum absolute atomic E-state index is 0.196. The first-order chi connectivity index (χ1) is 10.2. The van der Waals surface area contributed by atoms with Gasteiger partial charge in [-0.3, -0.25) is 5.32 Å². The second-order valence-corrected chi connectivity index (χ2v) is 6.06. The van der Waals surface area contributed by atoms with Gasteiger partial charge in [-0.2, -0.15) is 0 Å². The molecule has 0 aliphatic heterocycles. The molecule has 2 atom stereocenters. The van der Waals surface area contributed by atoms with E-state index in [2.05, 4.69) is 20.8 Å². The van der Waals surface area contributed by atoms with Crippen LogP contribution in [0.2, 0.25) is 0 Å². The molecule has 21 heavy (non-hydrogen) atoms. The monoisotopic (exact) mass is 297 g/mol. The van der Waals surface area contributed by atoms with Gasteiger partial charge in [0.15, 0.2) is 5.82 Å². The van der Waals surface area contributed by atoms with Gasteiger partial charge < -0.3 is 14.6 Å². The van der Waals surface area contributed by atoms with E-state index >= 15 is 0 Å². The van der Waals surface area contributed by atoms with Crippen molar-refractivity contribution in [3.05, 3.63) is 5.82 Å². The van der Waals surface area contributed by atoms with E-state index in [1.165, 1.54) is 0 Å². The van der Waals surface area contributed by atoms with Crippen LogP contribution in [0.15, 0.2) is 0 Å². The van der Waals surface area contributed by atoms with Crippen LogP contribution in [0.25, 0.3) is 0 Å². The normalized spacial score (nSPS) is 25.3. The molecule has 1 aromatic rings. The second-order valence-electron chi connectivity index (χ2n) is 6.06. The summed E-state index contributed by atoms with van der Waals surface area (Å²) in [6.07, 6.45) is 3.17. The van der Waals surface area contributed by atoms with Gasteiger partial charge in [0.2, 0.25) is 0 Å². The number of methoxy groups -OCH3 is 2. The summed E-state index contributed by atoms with van der Waals surface area (Å²) in [5.74, 6) is 1.06. The Balaban J connectivity index is 1.87. The van der Waals surface area contributed by atoms with Crippen LogP contribution in [0.1, 0.15) is 31.1 Å². The lowest BCUT2D eigenvalue weighted by molar-refractivity contribution is 0.0292. The molecule has 0 spiro atoms. The van der Waals surface area contributed by atoms with Gasteiger partial charge in [-0.1, -0.05) is 0 Å². The van der Waals surface area contributed by atoms with Crippen molar-refractivity contribution < 1.29 is 14.6 Å². The molecule has 2 aliphatic carbocycles. The topological polar surface area (TPSA) is 94.3 Å². The van der Waals surface area contributed by atoms with E-state index in [1.54, 1.807) is 14.2 Å². The van der Waals surface area contributed by atoms with E-state index in [0.29, 0.717) is 25.2 Å². The lowest BCUT2D eigenvalue weighted by atomic mass is 10.00. The summed E-state index contributed by atoms with van der Waals surface area (Å²) < 4.78 is 12.7. The number of aromatic nitrogens is 4. The molecule has 8 nitrogen and oxygen atoms in total. The molecule has 2 fully saturated rings. The van der Waals surface area contributed by atoms with Gasteiger partial charge in [0.1, 0.15) is 5.54 Å². The van der Waals surface area contributed by atoms with Crippen molar-refractivity contribution in [1.82, 2.24) is 25.5 Å². The molecule has 2 saturated carbocycles. The first-order valence-corrected chi connectivity index (χ1v) is 7.39. The number of ether oxygens (including phenoxy) is 2. The summed E-state index contributed by atoms with van der Waals surface area (Å²) >= 11 is 0. The van der Waals surface area contributed by atoms with Gasteiger partial charge in [-0.05, 0) is 35.6 Å². The van der Waals surface area contributed by atoms with Crippen molar-refractivity contribution in [2.75, 3.05) is 34.0 Å². The molecule has 2 N–H and O–H groups in total. The Morgan fingerprint density at radius 1 is 1.33 bits per heavy atom. The van der Waals surface area contributed by atoms with Crippen molar-refractivity contribution in [3.63, 3.8) is 0 Å². The average molecular weight is 297 g/mol. The first kappa shape index (κ1) is 14.8. The van der Waals surface area contributed by atoms with E-state index in [-0.39, 0.29) is 12.6 Å². The van der Waals surface area contributed by atoms with E-state index in [9.17, 15) is 5.11 Å². The van der Waals surface area contributed by atoms with Gasteiger partial charge >= 0.3 is 0 Å². The Morgan fingerprint density at radius 2 is 2.05 bits per heavy atom. The van der Waals surface area contributed by atoms with Crippen LogP contribution in [0, 0.1) is 5.92 Å². The van der Waals surface area contributed by atoms with Crippen molar-refractivity contribution in [2.45, 2.75) is 36.9 Å². The third-order valence-electron chi connectivity index (χ3n) is 4.21. The minimum Gasteiger partial charge on any atom is -0.396 e. The van der Waals surface area contributed by atoms with Gasteiger partial charge in [0.05, 0.1) is 19.3 Å². The summed E-state index contributed by atoms with van der Waals surface area (Å²) in [6, 6.07) is 0.641. The van der Waals surface area contributed by atoms with Gasteiger partial charge in [-0.15, -0.1) is 5.10 Å². The zero-order valence-electron chi connectivity index (χ0n) is 12.5. The molecule has 8 heteroatoms. The highest BCUT2D eigenvalue weighted by Gasteiger charge is 2.48. The zero-order valence-corrected chi connectivity index (χ0v) is 12.5. The summed E-state index contributed by atoms with van der Waals surface area (Å²) in [7, 11) is 3.32. The molecule has 1 aromatic heterocycles. The lowest BCUT2D eigenvalue weighted by Gasteiger charge is -2.32. The van der Waals surface area contributed by atoms with E-state index in [0.717, 1.165) is 25.1 Å². The molecule has 0 bridgehead atoms. The standard InChI is InChI=1S/C13H23N5O3/c1-20-7-13(8-21-2,14-11-5-9(11)6-19)12-15-16-17-18(12)10-3-4-10/h9-11,14,19H,3-8H2,1-2H3/t9-,11-/m1/s1. The van der Waals surface area contributed by atoms with Crippen LogP contribution >= 0.6 is 0 Å². The van der Waals surface area contributed by atoms with Crippen LogP contribution in [0.5, 0.6) is 0 Å². The third-order valence-corrected chi connectivity index (χ3v) is 4.21. The van der Waals surface area contributed by atoms with Crippen LogP contribution < -0.4 is 5.32 Å². The highest BCUT2D eigenvalue weighted by Crippen LogP contribution is 2.38. The van der Waals surface area contributed by atoms with Crippen molar-refractivity contribution in [3.8, 4) is 0 Å². The van der Waals surface area contributed by atoms with Gasteiger partial charge in [0.25, 0.3) is 0 Å². The van der Waals surface area contributed by atoms with E-state index in [1.807, 2.05) is 4.68 Å². The highest BCUT2D eigenvalue weighted by molar-refractivity contribution is 5.12. The second kappa shape index (κ2) is 5.96. The van der Waals surface area contributed by atoms with Crippen molar-refractivity contribution in [2.24, 2.45) is 5.92 Å². The van der Waals surface area contributed by atoms with E-state index < -0.39 is 5.54 Å². The maximum Gasteiger partial charge on any atom is 0.176 e. The number of aliphatic hydroxyl groups is 1. The Bertz CT molecular complexity index is 470. The van der Waals surface area contributed by atoms with Crippen LogP contribution in [0.4, 0.5) is 0 Å². The fraction of sp³-hybridized carbons (Fsp3) is 0.923. The highest BCUT2D eigenvalue weighted by atomic mass is 16.5. The summed E-state index contributed by atoms with van der Waals surface area (Å²) in [5.41, 5.74) is -0.579. The summed E-state index contributed by atoms with van der Waals surface area (Å²) in [4.78, 5) is 0. The molecule has 0 unspecified atom stereocenters. The number of nitrogens with one attached hydrogen (secondary N) is 1. The molecule has 0 saturated heterocycles. The summed E-state index contributed by atoms with van der Waals surface area (Å²) in [5, 5.41) is 25.0. The molecular weight excluding hydrogens is 274 g/mol. The Kier molecular flexibility index (Phi) is 4.21. The van der Waals surface area contributed by atoms with Crippen LogP contribution in [0.3, 0.4) is 0 Å². The predicted molar refractivity (Wildman–Crippen MR) is 73.6 cm³/mol. The molecule has 0 radical (unpaired) electrons. The Hall–Kier alpha value is -1.09. The van der Waals surface area contributed by atoms with Gasteiger partial charge in [0, 0.05) is 26.9 Å². The quantitative estimate of drug-likeness (QED) is 0.632. The number of hydrogen-bond donors (Lipinski definition) is 2. The molecule has 3 rings (SSSR count). The summed E-state index contributed by atoms with van der Waals surface area (Å²) in [6.45, 7) is 1.03. The maximum absolute atomic E-state index is 9.27. The fourth-order valence-electron chi connectivity index (χ4n) is 2.87. The molecule has 1 heterocycles. The number of hydrogen-bond acceptors (Lipinski definition) is 7. The average Bonchev–Trinajstić information content (AvgIpc) is 3.39. The molecule has 0 amide bonds. The predicted octanol–water partition coefficient (Wildman–Crippen LogP) is -0.533. The first-order valence-electron chi connectivity index (χ1n) is 7.39. The molecular formula is C13H23N5O3. The maximum atomic E-state index is 9.27. The van der Waals surface area contributed by atoms with Crippen LogP contribution in [-0.4, -0.2) is 65.4 Å². The zero-order chi connectivity index (χ0) is 14.9. The molecule has 118 valence electrons. The third kappa shape index (κ3) is 2.94. The number of tetrazole rings is 1. The van der Waals surface area contributed by atoms with E-state index in [4.69, 9.17) is 9.47 Å². The lowest BCUT2D eigenvalue weighted by Crippen LogP contribution is -2.53. The largest absolute Gasteiger partial charge is 0.396 e. The van der Waals surface area contributed by atoms with Gasteiger partial charge in [-0.25, -0.2) is 4.68 Å². The number of rotatable bonds is 9. The number of aliphatic hydroxyl groups excluding tert-OH is 1. The number of nitrogens with zero attached hydrogens (tertiary/aromatic N) is 4.